The van der Waals surface area contributed by atoms with Crippen LogP contribution in [0.2, 0.25) is 0 Å². The second kappa shape index (κ2) is 65.0. The highest BCUT2D eigenvalue weighted by Gasteiger charge is 2.29. The molecular formula is C85H141ClFN11O17. The van der Waals surface area contributed by atoms with E-state index in [1.165, 1.54) is 50.8 Å². The summed E-state index contributed by atoms with van der Waals surface area (Å²) in [6.45, 7) is 52.1. The SMILES string of the molecule is CC.CC.CC.CC.CC.CC(=O)Cl.CC(=O)N1CCC(Oc2ccc(N)cc2)CC1.CC(C)(C)OC(=O)N1CCC(O)CC1.CC(C)(C)OC(=O)N1CCC(Oc2ccc([N+](=O)[O-])cc2)CC1.CCN(CC)CC.Nc1ccc(OC2CCNCC2)cc1.O=[N+]([O-])c1ccc(F)cc1.O=[N+]([O-])c1ccc(OC2CCNCC2)cc1. The van der Waals surface area contributed by atoms with Crippen molar-refractivity contribution in [3.8, 4) is 23.0 Å². The predicted molar refractivity (Wildman–Crippen MR) is 461 cm³/mol. The van der Waals surface area contributed by atoms with Gasteiger partial charge in [0.1, 0.15) is 64.4 Å². The number of non-ortho nitro benzene ring substituents is 3. The van der Waals surface area contributed by atoms with Crippen LogP contribution < -0.4 is 41.0 Å². The first-order valence-electron chi connectivity index (χ1n) is 40.6. The summed E-state index contributed by atoms with van der Waals surface area (Å²) in [5, 5.41) is 46.5. The molecule has 28 nitrogen and oxygen atoms in total. The molecule has 30 heteroatoms. The number of nitrogens with one attached hydrogen (secondary N) is 2. The van der Waals surface area contributed by atoms with Gasteiger partial charge in [0.2, 0.25) is 11.1 Å². The lowest BCUT2D eigenvalue weighted by atomic mass is 10.1. The molecule has 5 aromatic rings. The van der Waals surface area contributed by atoms with Crippen LogP contribution in [0.3, 0.4) is 0 Å². The standard InChI is InChI=1S/C16H22N2O5.C13H18N2O2.C11H14N2O3.C11H16N2O.C10H19NO3.C6H4FNO2.C6H15N.C2H3ClO.5C2H6/c1-16(2,3)23-15(19)17-10-8-14(9-11-17)22-13-6-4-12(5-7-13)18(20)21;1-10(16)15-8-6-13(7-9-15)17-12-4-2-11(14)3-5-12;14-13(15)9-1-3-10(4-2-9)16-11-5-7-12-8-6-11;12-9-1-3-10(4-2-9)14-11-5-7-13-8-6-11;1-10(2,3)14-9(13)11-6-4-8(12)5-7-11;7-5-1-3-6(4-2-5)8(9)10;1-4-7(5-2)6-3;1-2(3)4;5*1-2/h4-7,14H,8-11H2,1-3H3;2-5,13H,6-9,14H2,1H3;1-4,11-12H,5-8H2;1-4,11,13H,5-8,12H2;8,12H,4-7H2,1-3H3;1-4H;4-6H2,1-3H3;1H3;5*1-2H3. The van der Waals surface area contributed by atoms with Gasteiger partial charge in [-0.05, 0) is 222 Å². The van der Waals surface area contributed by atoms with Crippen molar-refractivity contribution in [2.45, 2.75) is 251 Å². The quantitative estimate of drug-likeness (QED) is 0.0298. The van der Waals surface area contributed by atoms with Crippen LogP contribution in [-0.2, 0) is 19.1 Å². The number of aliphatic hydroxyl groups excluding tert-OH is 1. The van der Waals surface area contributed by atoms with E-state index in [2.05, 4.69) is 47.9 Å². The molecule has 0 unspecified atom stereocenters. The molecule has 5 aliphatic rings. The number of rotatable bonds is 14. The molecule has 115 heavy (non-hydrogen) atoms. The number of piperidine rings is 5. The maximum absolute atomic E-state index is 12.1. The van der Waals surface area contributed by atoms with Gasteiger partial charge in [-0.25, -0.2) is 14.0 Å². The number of nitrogens with two attached hydrogens (primary N) is 2. The van der Waals surface area contributed by atoms with E-state index in [9.17, 15) is 59.0 Å². The van der Waals surface area contributed by atoms with Crippen molar-refractivity contribution in [3.63, 3.8) is 0 Å². The molecular weight excluding hydrogens is 1500 g/mol. The first-order chi connectivity index (χ1) is 54.6. The van der Waals surface area contributed by atoms with Crippen molar-refractivity contribution in [3.05, 3.63) is 157 Å². The largest absolute Gasteiger partial charge is 0.490 e. The fourth-order valence-electron chi connectivity index (χ4n) is 10.4. The minimum absolute atomic E-state index is 0.00450. The fraction of sp³-hybridized carbons (Fsp3) is 0.600. The third-order valence-corrected chi connectivity index (χ3v) is 16.1. The lowest BCUT2D eigenvalue weighted by Gasteiger charge is -2.33. The molecule has 0 aromatic heterocycles. The number of likely N-dealkylation sites (tertiary alicyclic amines) is 3. The van der Waals surface area contributed by atoms with E-state index in [-0.39, 0.29) is 64.8 Å². The minimum atomic E-state index is -0.570. The normalized spacial score (nSPS) is 14.6. The maximum atomic E-state index is 12.1. The van der Waals surface area contributed by atoms with Crippen molar-refractivity contribution in [2.24, 2.45) is 0 Å². The van der Waals surface area contributed by atoms with Gasteiger partial charge in [-0.15, -0.1) is 0 Å². The van der Waals surface area contributed by atoms with Gasteiger partial charge >= 0.3 is 12.2 Å². The van der Waals surface area contributed by atoms with Crippen molar-refractivity contribution in [1.82, 2.24) is 30.2 Å². The summed E-state index contributed by atoms with van der Waals surface area (Å²) >= 11 is 4.64. The number of hydrogen-bond donors (Lipinski definition) is 5. The Hall–Kier alpha value is -9.16. The first kappa shape index (κ1) is 110. The van der Waals surface area contributed by atoms with Crippen LogP contribution in [0.5, 0.6) is 23.0 Å². The number of anilines is 2. The number of ether oxygens (including phenoxy) is 6. The monoisotopic (exact) mass is 1640 g/mol. The molecule has 3 amide bonds. The Bertz CT molecular complexity index is 3310. The van der Waals surface area contributed by atoms with Gasteiger partial charge in [0.25, 0.3) is 17.1 Å². The van der Waals surface area contributed by atoms with Gasteiger partial charge in [-0.1, -0.05) is 90.0 Å². The van der Waals surface area contributed by atoms with E-state index < -0.39 is 31.8 Å². The van der Waals surface area contributed by atoms with Crippen LogP contribution in [0.1, 0.15) is 210 Å². The van der Waals surface area contributed by atoms with Gasteiger partial charge in [0.05, 0.1) is 20.9 Å². The Labute approximate surface area is 690 Å². The Morgan fingerprint density at radius 3 is 0.896 bits per heavy atom. The van der Waals surface area contributed by atoms with E-state index in [1.807, 2.05) is 164 Å². The molecule has 0 atom stereocenters. The van der Waals surface area contributed by atoms with Crippen LogP contribution in [0.4, 0.5) is 42.4 Å². The third kappa shape index (κ3) is 54.3. The molecule has 0 aliphatic carbocycles. The van der Waals surface area contributed by atoms with Gasteiger partial charge in [0, 0.05) is 127 Å². The lowest BCUT2D eigenvalue weighted by molar-refractivity contribution is -0.385. The van der Waals surface area contributed by atoms with Crippen LogP contribution >= 0.6 is 11.6 Å². The number of benzene rings is 5. The predicted octanol–water partition coefficient (Wildman–Crippen LogP) is 18.5. The van der Waals surface area contributed by atoms with E-state index in [1.54, 1.807) is 41.0 Å². The summed E-state index contributed by atoms with van der Waals surface area (Å²) in [6.07, 6.45) is 8.60. The van der Waals surface area contributed by atoms with E-state index in [4.69, 9.17) is 39.9 Å². The van der Waals surface area contributed by atoms with E-state index >= 15 is 0 Å². The number of nitrogens with zero attached hydrogens (tertiary/aromatic N) is 7. The molecule has 652 valence electrons. The highest BCUT2D eigenvalue weighted by Crippen LogP contribution is 2.26. The van der Waals surface area contributed by atoms with Crippen LogP contribution in [-0.4, -0.2) is 190 Å². The van der Waals surface area contributed by atoms with Crippen LogP contribution in [0.25, 0.3) is 0 Å². The van der Waals surface area contributed by atoms with Crippen molar-refractivity contribution in [1.29, 1.82) is 0 Å². The minimum Gasteiger partial charge on any atom is -0.490 e. The molecule has 0 spiro atoms. The number of nitrogen functional groups attached to an aromatic ring is 2. The Morgan fingerprint density at radius 1 is 0.443 bits per heavy atom. The second-order valence-electron chi connectivity index (χ2n) is 26.9. The number of aliphatic hydroxyl groups is 1. The highest BCUT2D eigenvalue weighted by atomic mass is 35.5. The van der Waals surface area contributed by atoms with Crippen LogP contribution in [0, 0.1) is 36.2 Å². The third-order valence-electron chi connectivity index (χ3n) is 16.1. The van der Waals surface area contributed by atoms with Crippen molar-refractivity contribution in [2.75, 3.05) is 96.5 Å². The Kier molecular flexibility index (Phi) is 62.2. The molecule has 0 radical (unpaired) electrons. The van der Waals surface area contributed by atoms with Gasteiger partial charge in [-0.3, -0.25) is 39.9 Å². The molecule has 10 rings (SSSR count). The molecule has 5 fully saturated rings. The van der Waals surface area contributed by atoms with E-state index in [0.29, 0.717) is 69.5 Å². The summed E-state index contributed by atoms with van der Waals surface area (Å²) < 4.78 is 45.9. The highest BCUT2D eigenvalue weighted by molar-refractivity contribution is 6.62. The van der Waals surface area contributed by atoms with Crippen LogP contribution in [0.15, 0.2) is 121 Å². The zero-order valence-corrected chi connectivity index (χ0v) is 73.5. The summed E-state index contributed by atoms with van der Waals surface area (Å²) in [7, 11) is 0. The molecule has 5 heterocycles. The Balaban J connectivity index is -0.00000126. The number of carbonyl (C=O) groups excluding carboxylic acids is 4. The smallest absolute Gasteiger partial charge is 0.410 e. The van der Waals surface area contributed by atoms with Gasteiger partial charge in [-0.2, -0.15) is 0 Å². The molecule has 5 aromatic carbocycles. The lowest BCUT2D eigenvalue weighted by Crippen LogP contribution is -2.44. The second-order valence-corrected chi connectivity index (χ2v) is 27.4. The number of halogens is 2. The van der Waals surface area contributed by atoms with Crippen molar-refractivity contribution >= 4 is 63.4 Å². The zero-order chi connectivity index (χ0) is 88.1. The summed E-state index contributed by atoms with van der Waals surface area (Å²) in [6, 6.07) is 31.7. The molecule has 0 saturated carbocycles. The molecule has 0 bridgehead atoms. The van der Waals surface area contributed by atoms with E-state index in [0.717, 1.165) is 125 Å². The summed E-state index contributed by atoms with van der Waals surface area (Å²) in [5.74, 6) is 2.76. The number of carbonyl (C=O) groups is 4. The van der Waals surface area contributed by atoms with Gasteiger partial charge in [0.15, 0.2) is 0 Å². The summed E-state index contributed by atoms with van der Waals surface area (Å²) in [5.41, 5.74) is 11.8. The molecule has 5 saturated heterocycles. The first-order valence-corrected chi connectivity index (χ1v) is 41.0. The number of nitro groups is 3. The number of nitro benzene ring substituents is 3. The molecule has 5 aliphatic heterocycles. The Morgan fingerprint density at radius 2 is 0.670 bits per heavy atom. The summed E-state index contributed by atoms with van der Waals surface area (Å²) in [4.78, 5) is 81.1. The van der Waals surface area contributed by atoms with Gasteiger partial charge < -0.3 is 75.2 Å². The average molecular weight is 1640 g/mol. The molecule has 7 N–H and O–H groups in total. The topological polar surface area (TPSA) is 362 Å². The van der Waals surface area contributed by atoms with Crippen molar-refractivity contribution < 1.29 is 71.9 Å². The number of hydrogen-bond acceptors (Lipinski definition) is 22. The average Bonchev–Trinajstić information content (AvgIpc) is 0.873. The fourth-order valence-corrected chi connectivity index (χ4v) is 10.4. The zero-order valence-electron chi connectivity index (χ0n) is 72.7. The maximum Gasteiger partial charge on any atom is 0.410 e. The number of amides is 3.